The molecule has 2 aromatic heterocycles. The number of benzene rings is 1. The van der Waals surface area contributed by atoms with Gasteiger partial charge < -0.3 is 0 Å². The summed E-state index contributed by atoms with van der Waals surface area (Å²) in [6.45, 7) is 11.2. The quantitative estimate of drug-likeness (QED) is 0.395. The fraction of sp³-hybridized carbons (Fsp3) is 0.458. The van der Waals surface area contributed by atoms with Gasteiger partial charge in [0.25, 0.3) is 0 Å². The molecule has 1 atom stereocenters. The molecule has 4 nitrogen and oxygen atoms in total. The van der Waals surface area contributed by atoms with E-state index >= 15 is 0 Å². The van der Waals surface area contributed by atoms with E-state index in [0.29, 0.717) is 11.3 Å². The Balaban J connectivity index is 1.67. The molecule has 0 spiro atoms. The fourth-order valence-electron chi connectivity index (χ4n) is 4.14. The minimum absolute atomic E-state index is 0.357. The first-order valence-corrected chi connectivity index (χ1v) is 11.3. The van der Waals surface area contributed by atoms with Crippen LogP contribution < -0.4 is 5.43 Å². The molecule has 0 aliphatic heterocycles. The van der Waals surface area contributed by atoms with Crippen molar-refractivity contribution in [3.8, 4) is 0 Å². The van der Waals surface area contributed by atoms with Crippen molar-refractivity contribution in [2.24, 2.45) is 16.4 Å². The third-order valence-corrected chi connectivity index (χ3v) is 7.86. The number of thiophene rings is 1. The summed E-state index contributed by atoms with van der Waals surface area (Å²) < 4.78 is 0. The van der Waals surface area contributed by atoms with Crippen LogP contribution >= 0.6 is 11.3 Å². The molecule has 0 saturated carbocycles. The van der Waals surface area contributed by atoms with Gasteiger partial charge in [-0.05, 0) is 55.6 Å². The Morgan fingerprint density at radius 2 is 2.00 bits per heavy atom. The van der Waals surface area contributed by atoms with Crippen molar-refractivity contribution >= 4 is 33.1 Å². The maximum atomic E-state index is 4.64. The Morgan fingerprint density at radius 1 is 1.24 bits per heavy atom. The van der Waals surface area contributed by atoms with E-state index in [0.717, 1.165) is 34.8 Å². The number of hydrogen-bond donors (Lipinski definition) is 1. The lowest BCUT2D eigenvalue weighted by Gasteiger charge is -2.36. The van der Waals surface area contributed by atoms with Crippen molar-refractivity contribution < 1.29 is 0 Å². The van der Waals surface area contributed by atoms with Crippen LogP contribution in [0.4, 0.5) is 5.82 Å². The van der Waals surface area contributed by atoms with Gasteiger partial charge >= 0.3 is 0 Å². The normalized spacial score (nSPS) is 17.4. The zero-order valence-corrected chi connectivity index (χ0v) is 18.9. The molecule has 1 N–H and O–H groups in total. The van der Waals surface area contributed by atoms with Gasteiger partial charge in [-0.25, -0.2) is 9.97 Å². The lowest BCUT2D eigenvalue weighted by Crippen LogP contribution is -2.28. The van der Waals surface area contributed by atoms with Gasteiger partial charge in [-0.1, -0.05) is 57.0 Å². The number of hydrazone groups is 1. The number of nitrogens with one attached hydrogen (secondary N) is 1. The van der Waals surface area contributed by atoms with E-state index in [4.69, 9.17) is 0 Å². The van der Waals surface area contributed by atoms with Gasteiger partial charge in [-0.2, -0.15) is 5.10 Å². The van der Waals surface area contributed by atoms with Crippen LogP contribution in [-0.2, 0) is 12.8 Å². The number of nitrogens with zero attached hydrogens (tertiary/aromatic N) is 3. The van der Waals surface area contributed by atoms with Crippen molar-refractivity contribution in [2.75, 3.05) is 5.43 Å². The molecular formula is C24H30N4S. The Labute approximate surface area is 177 Å². The molecule has 29 heavy (non-hydrogen) atoms. The Bertz CT molecular complexity index is 1050. The average Bonchev–Trinajstić information content (AvgIpc) is 3.11. The molecule has 5 heteroatoms. The Morgan fingerprint density at radius 3 is 2.72 bits per heavy atom. The van der Waals surface area contributed by atoms with Crippen LogP contribution in [0.2, 0.25) is 0 Å². The minimum Gasteiger partial charge on any atom is -0.260 e. The van der Waals surface area contributed by atoms with Crippen LogP contribution in [0, 0.1) is 18.3 Å². The molecule has 0 amide bonds. The summed E-state index contributed by atoms with van der Waals surface area (Å²) in [4.78, 5) is 11.7. The molecule has 152 valence electrons. The molecule has 0 bridgehead atoms. The third-order valence-electron chi connectivity index (χ3n) is 6.66. The van der Waals surface area contributed by atoms with Gasteiger partial charge in [-0.3, -0.25) is 5.43 Å². The number of hydrogen-bond acceptors (Lipinski definition) is 5. The van der Waals surface area contributed by atoms with Crippen molar-refractivity contribution in [1.82, 2.24) is 9.97 Å². The summed E-state index contributed by atoms with van der Waals surface area (Å²) in [7, 11) is 0. The van der Waals surface area contributed by atoms with Crippen LogP contribution in [0.5, 0.6) is 0 Å². The lowest BCUT2D eigenvalue weighted by atomic mass is 9.69. The SMILES string of the molecule is CCC(C)(C)[C@H]1CCc2sc3ncnc(N/N=C(\C)c4ccc(C)cc4)c3c2C1. The van der Waals surface area contributed by atoms with E-state index in [9.17, 15) is 0 Å². The average molecular weight is 407 g/mol. The molecule has 3 aromatic rings. The molecule has 1 aliphatic rings. The predicted molar refractivity (Wildman–Crippen MR) is 124 cm³/mol. The summed E-state index contributed by atoms with van der Waals surface area (Å²) in [5.74, 6) is 1.53. The summed E-state index contributed by atoms with van der Waals surface area (Å²) in [5.41, 5.74) is 8.36. The largest absolute Gasteiger partial charge is 0.260 e. The maximum Gasteiger partial charge on any atom is 0.158 e. The second-order valence-corrected chi connectivity index (χ2v) is 9.95. The van der Waals surface area contributed by atoms with Crippen LogP contribution in [0.15, 0.2) is 35.7 Å². The molecule has 4 rings (SSSR count). The maximum absolute atomic E-state index is 4.64. The summed E-state index contributed by atoms with van der Waals surface area (Å²) in [6.07, 6.45) is 6.38. The first-order chi connectivity index (χ1) is 13.9. The van der Waals surface area contributed by atoms with Crippen LogP contribution in [0.25, 0.3) is 10.2 Å². The number of fused-ring (bicyclic) bond motifs is 3. The molecule has 0 unspecified atom stereocenters. The van der Waals surface area contributed by atoms with Crippen LogP contribution in [0.3, 0.4) is 0 Å². The molecule has 1 aromatic carbocycles. The molecule has 0 radical (unpaired) electrons. The van der Waals surface area contributed by atoms with E-state index in [2.05, 4.69) is 72.5 Å². The van der Waals surface area contributed by atoms with Gasteiger partial charge in [0.05, 0.1) is 11.1 Å². The number of aryl methyl sites for hydroxylation is 2. The van der Waals surface area contributed by atoms with Crippen LogP contribution in [-0.4, -0.2) is 15.7 Å². The van der Waals surface area contributed by atoms with Gasteiger partial charge in [0, 0.05) is 4.88 Å². The van der Waals surface area contributed by atoms with Gasteiger partial charge in [0.15, 0.2) is 5.82 Å². The van der Waals surface area contributed by atoms with Crippen molar-refractivity contribution in [1.29, 1.82) is 0 Å². The fourth-order valence-corrected chi connectivity index (χ4v) is 5.33. The zero-order valence-electron chi connectivity index (χ0n) is 18.0. The highest BCUT2D eigenvalue weighted by atomic mass is 32.1. The number of anilines is 1. The van der Waals surface area contributed by atoms with E-state index in [-0.39, 0.29) is 0 Å². The van der Waals surface area contributed by atoms with E-state index in [1.807, 2.05) is 18.3 Å². The standard InChI is InChI=1S/C24H30N4S/c1-6-24(4,5)18-11-12-20-19(13-18)21-22(25-14-26-23(21)29-20)28-27-16(3)17-9-7-15(2)8-10-17/h7-10,14,18H,6,11-13H2,1-5H3,(H,25,26,28)/b27-16+/t18-/m0/s1. The second kappa shape index (κ2) is 7.86. The summed E-state index contributed by atoms with van der Waals surface area (Å²) >= 11 is 1.83. The van der Waals surface area contributed by atoms with Crippen LogP contribution in [0.1, 0.15) is 62.1 Å². The third kappa shape index (κ3) is 3.93. The van der Waals surface area contributed by atoms with Gasteiger partial charge in [0.1, 0.15) is 11.2 Å². The smallest absolute Gasteiger partial charge is 0.158 e. The molecule has 2 heterocycles. The predicted octanol–water partition coefficient (Wildman–Crippen LogP) is 6.38. The van der Waals surface area contributed by atoms with Gasteiger partial charge in [-0.15, -0.1) is 11.3 Å². The molecule has 0 saturated heterocycles. The van der Waals surface area contributed by atoms with E-state index in [1.165, 1.54) is 34.2 Å². The van der Waals surface area contributed by atoms with E-state index in [1.54, 1.807) is 6.33 Å². The molecule has 0 fully saturated rings. The highest BCUT2D eigenvalue weighted by Crippen LogP contribution is 2.45. The van der Waals surface area contributed by atoms with E-state index < -0.39 is 0 Å². The summed E-state index contributed by atoms with van der Waals surface area (Å²) in [5, 5.41) is 5.81. The first kappa shape index (κ1) is 20.0. The lowest BCUT2D eigenvalue weighted by molar-refractivity contribution is 0.184. The van der Waals surface area contributed by atoms with Crippen molar-refractivity contribution in [2.45, 2.75) is 60.3 Å². The van der Waals surface area contributed by atoms with Crippen molar-refractivity contribution in [3.63, 3.8) is 0 Å². The Kier molecular flexibility index (Phi) is 5.43. The monoisotopic (exact) mass is 406 g/mol. The van der Waals surface area contributed by atoms with Crippen molar-refractivity contribution in [3.05, 3.63) is 52.2 Å². The number of rotatable bonds is 5. The topological polar surface area (TPSA) is 50.2 Å². The summed E-state index contributed by atoms with van der Waals surface area (Å²) in [6, 6.07) is 8.44. The second-order valence-electron chi connectivity index (χ2n) is 8.86. The molecule has 1 aliphatic carbocycles. The number of aromatic nitrogens is 2. The minimum atomic E-state index is 0.357. The molecular weight excluding hydrogens is 376 g/mol. The highest BCUT2D eigenvalue weighted by molar-refractivity contribution is 7.19. The first-order valence-electron chi connectivity index (χ1n) is 10.5. The highest BCUT2D eigenvalue weighted by Gasteiger charge is 2.33. The Hall–Kier alpha value is -2.27. The van der Waals surface area contributed by atoms with Gasteiger partial charge in [0.2, 0.25) is 0 Å². The zero-order chi connectivity index (χ0) is 20.6.